The Morgan fingerprint density at radius 2 is 0.606 bits per heavy atom. The van der Waals surface area contributed by atoms with Crippen molar-refractivity contribution >= 4 is 17.8 Å². The molecule has 0 aliphatic carbocycles. The van der Waals surface area contributed by atoms with Crippen molar-refractivity contribution in [1.82, 2.24) is 29.7 Å². The minimum absolute atomic E-state index is 0.589. The predicted octanol–water partition coefficient (Wildman–Crippen LogP) is 1.46. The molecule has 0 saturated carbocycles. The summed E-state index contributed by atoms with van der Waals surface area (Å²) in [6.45, 7) is 25.9. The van der Waals surface area contributed by atoms with E-state index in [1.54, 1.807) is 0 Å². The van der Waals surface area contributed by atoms with Gasteiger partial charge >= 0.3 is 0 Å². The van der Waals surface area contributed by atoms with Gasteiger partial charge in [0.25, 0.3) is 0 Å². The van der Waals surface area contributed by atoms with E-state index in [2.05, 4.69) is 70.9 Å². The molecule has 0 spiro atoms. The van der Waals surface area contributed by atoms with Gasteiger partial charge in [-0.3, -0.25) is 14.7 Å². The van der Waals surface area contributed by atoms with E-state index in [0.29, 0.717) is 18.1 Å². The second-order valence-corrected chi connectivity index (χ2v) is 10.6. The largest absolute Gasteiger partial charge is 0.338 e. The Kier molecular flexibility index (Phi) is 7.91. The van der Waals surface area contributed by atoms with Crippen molar-refractivity contribution < 1.29 is 0 Å². The van der Waals surface area contributed by atoms with Crippen molar-refractivity contribution in [1.29, 1.82) is 0 Å². The fourth-order valence-electron chi connectivity index (χ4n) is 5.08. The van der Waals surface area contributed by atoms with Gasteiger partial charge in [-0.05, 0) is 41.5 Å². The van der Waals surface area contributed by atoms with E-state index in [1.165, 1.54) is 0 Å². The number of anilines is 3. The number of hydrogen-bond acceptors (Lipinski definition) is 9. The molecule has 4 rings (SSSR count). The van der Waals surface area contributed by atoms with Crippen molar-refractivity contribution in [2.45, 2.75) is 59.7 Å². The maximum atomic E-state index is 5.01. The lowest BCUT2D eigenvalue weighted by Crippen LogP contribution is -2.51. The van der Waals surface area contributed by atoms with Crippen molar-refractivity contribution in [3.8, 4) is 0 Å². The molecule has 1 aromatic rings. The van der Waals surface area contributed by atoms with Crippen molar-refractivity contribution in [2.24, 2.45) is 0 Å². The first-order valence-corrected chi connectivity index (χ1v) is 13.0. The normalized spacial score (nSPS) is 22.3. The Hall–Kier alpha value is -1.71. The molecule has 0 unspecified atom stereocenters. The summed E-state index contributed by atoms with van der Waals surface area (Å²) < 4.78 is 0. The quantitative estimate of drug-likeness (QED) is 0.629. The fourth-order valence-corrected chi connectivity index (χ4v) is 5.08. The molecule has 0 atom stereocenters. The van der Waals surface area contributed by atoms with Gasteiger partial charge in [-0.15, -0.1) is 0 Å². The molecule has 3 fully saturated rings. The average Bonchev–Trinajstić information content (AvgIpc) is 2.84. The second-order valence-electron chi connectivity index (χ2n) is 10.6. The van der Waals surface area contributed by atoms with Crippen LogP contribution in [-0.4, -0.2) is 126 Å². The molecule has 0 amide bonds. The van der Waals surface area contributed by atoms with E-state index in [-0.39, 0.29) is 0 Å². The number of hydrogen-bond donors (Lipinski definition) is 0. The van der Waals surface area contributed by atoms with E-state index in [1.807, 2.05) is 0 Å². The molecule has 4 heterocycles. The highest BCUT2D eigenvalue weighted by Gasteiger charge is 2.28. The van der Waals surface area contributed by atoms with Gasteiger partial charge in [0.2, 0.25) is 17.8 Å². The van der Waals surface area contributed by atoms with Crippen LogP contribution in [0.5, 0.6) is 0 Å². The summed E-state index contributed by atoms with van der Waals surface area (Å²) in [5.74, 6) is 2.57. The van der Waals surface area contributed by atoms with Gasteiger partial charge in [-0.1, -0.05) is 0 Å². The zero-order chi connectivity index (χ0) is 23.5. The Balaban J connectivity index is 1.53. The first kappa shape index (κ1) is 24.4. The molecule has 3 aliphatic rings. The lowest BCUT2D eigenvalue weighted by atomic mass is 10.2. The molecule has 9 heteroatoms. The summed E-state index contributed by atoms with van der Waals surface area (Å²) in [6.07, 6.45) is 0. The molecule has 0 bridgehead atoms. The summed E-state index contributed by atoms with van der Waals surface area (Å²) >= 11 is 0. The summed E-state index contributed by atoms with van der Waals surface area (Å²) in [7, 11) is 0. The number of piperazine rings is 3. The smallest absolute Gasteiger partial charge is 0.232 e. The molecule has 33 heavy (non-hydrogen) atoms. The average molecular weight is 460 g/mol. The molecule has 1 aromatic heterocycles. The summed E-state index contributed by atoms with van der Waals surface area (Å²) in [4.78, 5) is 29.7. The standard InChI is InChI=1S/C24H45N9/c1-19(2)28-7-13-31(14-8-28)22-25-23(32-15-9-29(10-16-32)20(3)4)27-24(26-22)33-17-11-30(12-18-33)21(5)6/h19-21H,7-18H2,1-6H3. The van der Waals surface area contributed by atoms with Crippen LogP contribution in [0, 0.1) is 0 Å². The first-order valence-electron chi connectivity index (χ1n) is 13.0. The minimum atomic E-state index is 0.589. The molecule has 9 nitrogen and oxygen atoms in total. The molecule has 3 saturated heterocycles. The van der Waals surface area contributed by atoms with E-state index >= 15 is 0 Å². The van der Waals surface area contributed by atoms with E-state index < -0.39 is 0 Å². The molecular formula is C24H45N9. The molecule has 0 aromatic carbocycles. The van der Waals surface area contributed by atoms with E-state index in [4.69, 9.17) is 15.0 Å². The monoisotopic (exact) mass is 459 g/mol. The van der Waals surface area contributed by atoms with Crippen LogP contribution in [-0.2, 0) is 0 Å². The van der Waals surface area contributed by atoms with Gasteiger partial charge in [0.15, 0.2) is 0 Å². The predicted molar refractivity (Wildman–Crippen MR) is 137 cm³/mol. The number of nitrogens with zero attached hydrogens (tertiary/aromatic N) is 9. The maximum absolute atomic E-state index is 5.01. The van der Waals surface area contributed by atoms with Gasteiger partial charge in [0, 0.05) is 96.7 Å². The van der Waals surface area contributed by atoms with Crippen LogP contribution in [0.1, 0.15) is 41.5 Å². The minimum Gasteiger partial charge on any atom is -0.338 e. The van der Waals surface area contributed by atoms with Gasteiger partial charge in [-0.25, -0.2) is 0 Å². The topological polar surface area (TPSA) is 58.1 Å². The Morgan fingerprint density at radius 3 is 0.788 bits per heavy atom. The van der Waals surface area contributed by atoms with Gasteiger partial charge < -0.3 is 14.7 Å². The molecule has 186 valence electrons. The van der Waals surface area contributed by atoms with Crippen LogP contribution in [0.15, 0.2) is 0 Å². The number of rotatable bonds is 6. The van der Waals surface area contributed by atoms with Crippen LogP contribution in [0.2, 0.25) is 0 Å². The van der Waals surface area contributed by atoms with Crippen LogP contribution in [0.3, 0.4) is 0 Å². The lowest BCUT2D eigenvalue weighted by Gasteiger charge is -2.40. The Labute approximate surface area is 200 Å². The van der Waals surface area contributed by atoms with E-state index in [0.717, 1.165) is 96.4 Å². The van der Waals surface area contributed by atoms with Crippen molar-refractivity contribution in [2.75, 3.05) is 93.2 Å². The van der Waals surface area contributed by atoms with Crippen molar-refractivity contribution in [3.05, 3.63) is 0 Å². The molecular weight excluding hydrogens is 414 g/mol. The zero-order valence-corrected chi connectivity index (χ0v) is 21.7. The second kappa shape index (κ2) is 10.7. The molecule has 3 aliphatic heterocycles. The zero-order valence-electron chi connectivity index (χ0n) is 21.7. The van der Waals surface area contributed by atoms with Crippen LogP contribution in [0.4, 0.5) is 17.8 Å². The van der Waals surface area contributed by atoms with Gasteiger partial charge in [0.1, 0.15) is 0 Å². The Bertz CT molecular complexity index is 632. The lowest BCUT2D eigenvalue weighted by molar-refractivity contribution is 0.206. The highest BCUT2D eigenvalue weighted by molar-refractivity contribution is 5.47. The highest BCUT2D eigenvalue weighted by Crippen LogP contribution is 2.23. The summed E-state index contributed by atoms with van der Waals surface area (Å²) in [6, 6.07) is 1.77. The first-order chi connectivity index (χ1) is 15.8. The maximum Gasteiger partial charge on any atom is 0.232 e. The number of aromatic nitrogens is 3. The van der Waals surface area contributed by atoms with Crippen molar-refractivity contribution in [3.63, 3.8) is 0 Å². The third-order valence-electron chi connectivity index (χ3n) is 7.58. The van der Waals surface area contributed by atoms with Crippen LogP contribution >= 0.6 is 0 Å². The van der Waals surface area contributed by atoms with Gasteiger partial charge in [0.05, 0.1) is 0 Å². The SMILES string of the molecule is CC(C)N1CCN(c2nc(N3CCN(C(C)C)CC3)nc(N3CCN(C(C)C)CC3)n2)CC1. The van der Waals surface area contributed by atoms with Gasteiger partial charge in [-0.2, -0.15) is 15.0 Å². The van der Waals surface area contributed by atoms with Crippen LogP contribution in [0.25, 0.3) is 0 Å². The van der Waals surface area contributed by atoms with Crippen LogP contribution < -0.4 is 14.7 Å². The summed E-state index contributed by atoms with van der Waals surface area (Å²) in [5, 5.41) is 0. The van der Waals surface area contributed by atoms with E-state index in [9.17, 15) is 0 Å². The molecule has 0 N–H and O–H groups in total. The Morgan fingerprint density at radius 1 is 0.394 bits per heavy atom. The highest BCUT2D eigenvalue weighted by atomic mass is 15.4. The third-order valence-corrected chi connectivity index (χ3v) is 7.58. The third kappa shape index (κ3) is 5.87. The summed E-state index contributed by atoms with van der Waals surface area (Å²) in [5.41, 5.74) is 0. The molecule has 0 radical (unpaired) electrons. The fraction of sp³-hybridized carbons (Fsp3) is 0.875.